The molecule has 2 heterocycles. The second-order valence-electron chi connectivity index (χ2n) is 8.20. The molecule has 1 aliphatic heterocycles. The molecule has 2 fully saturated rings. The van der Waals surface area contributed by atoms with Crippen LogP contribution in [-0.2, 0) is 0 Å². The maximum atomic E-state index is 12.3. The summed E-state index contributed by atoms with van der Waals surface area (Å²) < 4.78 is 5.27. The number of rotatable bonds is 4. The number of nitrogens with zero attached hydrogens (tertiary/aromatic N) is 2. The number of likely N-dealkylation sites (tertiary alicyclic amines) is 1. The lowest BCUT2D eigenvalue weighted by Crippen LogP contribution is -2.40. The van der Waals surface area contributed by atoms with Crippen molar-refractivity contribution in [1.29, 1.82) is 0 Å². The van der Waals surface area contributed by atoms with Crippen molar-refractivity contribution in [3.05, 3.63) is 17.5 Å². The van der Waals surface area contributed by atoms with Gasteiger partial charge in [-0.25, -0.2) is 0 Å². The van der Waals surface area contributed by atoms with Crippen molar-refractivity contribution in [2.75, 3.05) is 19.6 Å². The highest BCUT2D eigenvalue weighted by Gasteiger charge is 2.34. The molecule has 0 spiro atoms. The first-order valence-electron chi connectivity index (χ1n) is 8.32. The quantitative estimate of drug-likeness (QED) is 0.929. The third-order valence-corrected chi connectivity index (χ3v) is 4.44. The van der Waals surface area contributed by atoms with Crippen LogP contribution in [0.1, 0.15) is 62.7 Å². The number of hydrogen-bond acceptors (Lipinski definition) is 4. The molecule has 1 amide bonds. The maximum Gasteiger partial charge on any atom is 0.273 e. The van der Waals surface area contributed by atoms with Gasteiger partial charge in [-0.3, -0.25) is 4.79 Å². The Morgan fingerprint density at radius 1 is 1.41 bits per heavy atom. The zero-order valence-corrected chi connectivity index (χ0v) is 14.1. The molecule has 1 aliphatic carbocycles. The van der Waals surface area contributed by atoms with Gasteiger partial charge in [-0.2, -0.15) is 0 Å². The molecule has 2 aliphatic rings. The van der Waals surface area contributed by atoms with Gasteiger partial charge in [0, 0.05) is 37.7 Å². The standard InChI is InChI=1S/C17H27N3O2/c1-11-8-20(10-17(2,3)4)9-14(11)18-16(21)13-7-15(22-19-13)12-5-6-12/h7,11-12,14H,5-6,8-10H2,1-4H3,(H,18,21)/t11?,14-/m1/s1. The van der Waals surface area contributed by atoms with Crippen LogP contribution in [0.15, 0.2) is 10.6 Å². The minimum Gasteiger partial charge on any atom is -0.360 e. The number of amides is 1. The van der Waals surface area contributed by atoms with Crippen LogP contribution in [0.25, 0.3) is 0 Å². The highest BCUT2D eigenvalue weighted by atomic mass is 16.5. The Balaban J connectivity index is 1.56. The van der Waals surface area contributed by atoms with E-state index in [1.807, 2.05) is 0 Å². The monoisotopic (exact) mass is 305 g/mol. The summed E-state index contributed by atoms with van der Waals surface area (Å²) in [4.78, 5) is 14.8. The van der Waals surface area contributed by atoms with E-state index in [-0.39, 0.29) is 17.4 Å². The van der Waals surface area contributed by atoms with Crippen LogP contribution in [-0.4, -0.2) is 41.6 Å². The topological polar surface area (TPSA) is 58.4 Å². The van der Waals surface area contributed by atoms with Crippen LogP contribution in [0, 0.1) is 11.3 Å². The first-order chi connectivity index (χ1) is 10.3. The van der Waals surface area contributed by atoms with Crippen molar-refractivity contribution in [1.82, 2.24) is 15.4 Å². The summed E-state index contributed by atoms with van der Waals surface area (Å²) >= 11 is 0. The zero-order chi connectivity index (χ0) is 15.9. The highest BCUT2D eigenvalue weighted by molar-refractivity contribution is 5.92. The van der Waals surface area contributed by atoms with E-state index < -0.39 is 0 Å². The third-order valence-electron chi connectivity index (χ3n) is 4.44. The van der Waals surface area contributed by atoms with Crippen molar-refractivity contribution in [2.24, 2.45) is 11.3 Å². The van der Waals surface area contributed by atoms with E-state index in [1.54, 1.807) is 6.07 Å². The van der Waals surface area contributed by atoms with Gasteiger partial charge in [0.05, 0.1) is 0 Å². The lowest BCUT2D eigenvalue weighted by atomic mass is 9.96. The van der Waals surface area contributed by atoms with Gasteiger partial charge >= 0.3 is 0 Å². The van der Waals surface area contributed by atoms with E-state index in [0.29, 0.717) is 17.5 Å². The molecule has 22 heavy (non-hydrogen) atoms. The predicted molar refractivity (Wildman–Crippen MR) is 84.8 cm³/mol. The van der Waals surface area contributed by atoms with Gasteiger partial charge in [-0.05, 0) is 24.2 Å². The summed E-state index contributed by atoms with van der Waals surface area (Å²) in [5.41, 5.74) is 0.701. The summed E-state index contributed by atoms with van der Waals surface area (Å²) in [6, 6.07) is 2.00. The van der Waals surface area contributed by atoms with Gasteiger partial charge in [-0.1, -0.05) is 32.9 Å². The molecule has 1 N–H and O–H groups in total. The molecule has 1 saturated heterocycles. The van der Waals surface area contributed by atoms with Crippen LogP contribution < -0.4 is 5.32 Å². The lowest BCUT2D eigenvalue weighted by molar-refractivity contribution is 0.0921. The van der Waals surface area contributed by atoms with Gasteiger partial charge in [0.15, 0.2) is 5.69 Å². The number of carbonyl (C=O) groups is 1. The van der Waals surface area contributed by atoms with E-state index >= 15 is 0 Å². The molecule has 0 aromatic carbocycles. The van der Waals surface area contributed by atoms with Crippen LogP contribution >= 0.6 is 0 Å². The van der Waals surface area contributed by atoms with Gasteiger partial charge in [0.1, 0.15) is 5.76 Å². The molecule has 122 valence electrons. The van der Waals surface area contributed by atoms with Crippen molar-refractivity contribution in [3.8, 4) is 0 Å². The fourth-order valence-electron chi connectivity index (χ4n) is 3.25. The average molecular weight is 305 g/mol. The van der Waals surface area contributed by atoms with Crippen molar-refractivity contribution >= 4 is 5.91 Å². The summed E-state index contributed by atoms with van der Waals surface area (Å²) in [5, 5.41) is 7.05. The zero-order valence-electron chi connectivity index (χ0n) is 14.1. The second-order valence-corrected chi connectivity index (χ2v) is 8.20. The lowest BCUT2D eigenvalue weighted by Gasteiger charge is -2.26. The van der Waals surface area contributed by atoms with E-state index in [4.69, 9.17) is 4.52 Å². The first-order valence-corrected chi connectivity index (χ1v) is 8.32. The van der Waals surface area contributed by atoms with Crippen molar-refractivity contribution in [2.45, 2.75) is 52.5 Å². The van der Waals surface area contributed by atoms with E-state index in [9.17, 15) is 4.79 Å². The third kappa shape index (κ3) is 3.69. The number of carbonyl (C=O) groups excluding carboxylic acids is 1. The molecule has 0 radical (unpaired) electrons. The van der Waals surface area contributed by atoms with E-state index in [0.717, 1.165) is 38.2 Å². The molecule has 1 unspecified atom stereocenters. The Labute approximate surface area is 132 Å². The minimum absolute atomic E-state index is 0.106. The Bertz CT molecular complexity index is 542. The largest absolute Gasteiger partial charge is 0.360 e. The molecule has 5 nitrogen and oxygen atoms in total. The Hall–Kier alpha value is -1.36. The Morgan fingerprint density at radius 3 is 2.77 bits per heavy atom. The number of hydrogen-bond donors (Lipinski definition) is 1. The van der Waals surface area contributed by atoms with Crippen LogP contribution in [0.2, 0.25) is 0 Å². The summed E-state index contributed by atoms with van der Waals surface area (Å²) in [5.74, 6) is 1.70. The van der Waals surface area contributed by atoms with Gasteiger partial charge in [0.25, 0.3) is 5.91 Å². The predicted octanol–water partition coefficient (Wildman–Crippen LogP) is 2.65. The molecule has 2 atom stereocenters. The van der Waals surface area contributed by atoms with Crippen molar-refractivity contribution < 1.29 is 9.32 Å². The van der Waals surface area contributed by atoms with Crippen LogP contribution in [0.3, 0.4) is 0 Å². The summed E-state index contributed by atoms with van der Waals surface area (Å²) in [7, 11) is 0. The molecular formula is C17H27N3O2. The van der Waals surface area contributed by atoms with Crippen molar-refractivity contribution in [3.63, 3.8) is 0 Å². The average Bonchev–Trinajstić information content (AvgIpc) is 3.03. The second kappa shape index (κ2) is 5.69. The molecule has 1 aromatic rings. The SMILES string of the molecule is CC1CN(CC(C)(C)C)C[C@H]1NC(=O)c1cc(C2CC2)on1. The fraction of sp³-hybridized carbons (Fsp3) is 0.765. The smallest absolute Gasteiger partial charge is 0.273 e. The normalized spacial score (nSPS) is 26.4. The van der Waals surface area contributed by atoms with Crippen LogP contribution in [0.4, 0.5) is 0 Å². The van der Waals surface area contributed by atoms with E-state index in [1.165, 1.54) is 0 Å². The van der Waals surface area contributed by atoms with Crippen LogP contribution in [0.5, 0.6) is 0 Å². The highest BCUT2D eigenvalue weighted by Crippen LogP contribution is 2.40. The Morgan fingerprint density at radius 2 is 2.14 bits per heavy atom. The van der Waals surface area contributed by atoms with Gasteiger partial charge in [0.2, 0.25) is 0 Å². The van der Waals surface area contributed by atoms with Gasteiger partial charge < -0.3 is 14.7 Å². The summed E-state index contributed by atoms with van der Waals surface area (Å²) in [6.45, 7) is 12.0. The molecule has 0 bridgehead atoms. The summed E-state index contributed by atoms with van der Waals surface area (Å²) in [6.07, 6.45) is 2.30. The molecule has 5 heteroatoms. The van der Waals surface area contributed by atoms with E-state index in [2.05, 4.69) is 43.1 Å². The first kappa shape index (κ1) is 15.5. The minimum atomic E-state index is -0.106. The number of nitrogens with one attached hydrogen (secondary N) is 1. The molecule has 1 aromatic heterocycles. The Kier molecular flexibility index (Phi) is 4.02. The maximum absolute atomic E-state index is 12.3. The molecule has 3 rings (SSSR count). The molecular weight excluding hydrogens is 278 g/mol. The fourth-order valence-corrected chi connectivity index (χ4v) is 3.25. The molecule has 1 saturated carbocycles. The number of aromatic nitrogens is 1. The van der Waals surface area contributed by atoms with Gasteiger partial charge in [-0.15, -0.1) is 0 Å².